The zero-order chi connectivity index (χ0) is 20.5. The van der Waals surface area contributed by atoms with Crippen molar-refractivity contribution in [1.82, 2.24) is 9.88 Å². The summed E-state index contributed by atoms with van der Waals surface area (Å²) in [5.41, 5.74) is 0.843. The Kier molecular flexibility index (Phi) is 4.77. The van der Waals surface area contributed by atoms with E-state index in [0.717, 1.165) is 4.90 Å². The van der Waals surface area contributed by atoms with Crippen molar-refractivity contribution in [3.63, 3.8) is 0 Å². The minimum Gasteiger partial charge on any atom is -0.314 e. The molecule has 0 aliphatic carbocycles. The topological polar surface area (TPSA) is 54.3 Å². The fourth-order valence-corrected chi connectivity index (χ4v) is 3.29. The smallest absolute Gasteiger partial charge is 0.270 e. The van der Waals surface area contributed by atoms with Gasteiger partial charge < -0.3 is 4.57 Å². The fraction of sp³-hybridized carbons (Fsp3) is 0. The number of anilines is 1. The standard InChI is InChI=1S/C21H13F2N3O2S/c22-13-7-9-14(10-8-13)26-20(28)16(19(27)24-21(26)29)12-15-4-3-11-25(15)18-6-2-1-5-17(18)23/h1-12H,(H,24,27,29). The van der Waals surface area contributed by atoms with E-state index in [-0.39, 0.29) is 16.4 Å². The van der Waals surface area contributed by atoms with Gasteiger partial charge in [0.25, 0.3) is 11.8 Å². The van der Waals surface area contributed by atoms with Gasteiger partial charge in [-0.25, -0.2) is 8.78 Å². The third-order valence-corrected chi connectivity index (χ3v) is 4.66. The summed E-state index contributed by atoms with van der Waals surface area (Å²) in [4.78, 5) is 26.5. The number of hydrogen-bond donors (Lipinski definition) is 1. The normalized spacial score (nSPS) is 15.7. The maximum atomic E-state index is 14.2. The zero-order valence-electron chi connectivity index (χ0n) is 14.8. The van der Waals surface area contributed by atoms with Crippen molar-refractivity contribution in [2.45, 2.75) is 0 Å². The molecular weight excluding hydrogens is 396 g/mol. The van der Waals surface area contributed by atoms with Gasteiger partial charge >= 0.3 is 0 Å². The Morgan fingerprint density at radius 1 is 0.931 bits per heavy atom. The Labute approximate surface area is 169 Å². The summed E-state index contributed by atoms with van der Waals surface area (Å²) in [5.74, 6) is -2.24. The molecular formula is C21H13F2N3O2S. The summed E-state index contributed by atoms with van der Waals surface area (Å²) in [6, 6.07) is 14.6. The lowest BCUT2D eigenvalue weighted by Crippen LogP contribution is -2.54. The quantitative estimate of drug-likeness (QED) is 0.409. The van der Waals surface area contributed by atoms with Crippen molar-refractivity contribution >= 4 is 40.9 Å². The molecule has 1 fully saturated rings. The third kappa shape index (κ3) is 3.45. The Balaban J connectivity index is 1.76. The SMILES string of the molecule is O=C1NC(=S)N(c2ccc(F)cc2)C(=O)C1=Cc1cccn1-c1ccccc1F. The molecule has 0 saturated carbocycles. The van der Waals surface area contributed by atoms with Crippen LogP contribution in [-0.4, -0.2) is 21.5 Å². The van der Waals surface area contributed by atoms with Gasteiger partial charge in [-0.1, -0.05) is 12.1 Å². The van der Waals surface area contributed by atoms with Gasteiger partial charge in [0, 0.05) is 11.9 Å². The monoisotopic (exact) mass is 409 g/mol. The van der Waals surface area contributed by atoms with Crippen LogP contribution in [0.15, 0.2) is 72.4 Å². The van der Waals surface area contributed by atoms with E-state index >= 15 is 0 Å². The van der Waals surface area contributed by atoms with E-state index in [1.165, 1.54) is 41.0 Å². The molecule has 2 aromatic carbocycles. The van der Waals surface area contributed by atoms with Crippen LogP contribution >= 0.6 is 12.2 Å². The van der Waals surface area contributed by atoms with E-state index in [0.29, 0.717) is 11.4 Å². The Bertz CT molecular complexity index is 1170. The number of halogens is 2. The maximum Gasteiger partial charge on any atom is 0.270 e. The molecule has 1 N–H and O–H groups in total. The van der Waals surface area contributed by atoms with Crippen LogP contribution in [0.3, 0.4) is 0 Å². The van der Waals surface area contributed by atoms with E-state index < -0.39 is 23.4 Å². The number of carbonyl (C=O) groups is 2. The Morgan fingerprint density at radius 2 is 1.66 bits per heavy atom. The van der Waals surface area contributed by atoms with Crippen LogP contribution in [0, 0.1) is 11.6 Å². The van der Waals surface area contributed by atoms with E-state index in [1.807, 2.05) is 0 Å². The van der Waals surface area contributed by atoms with Gasteiger partial charge in [-0.3, -0.25) is 19.8 Å². The maximum absolute atomic E-state index is 14.2. The highest BCUT2D eigenvalue weighted by atomic mass is 32.1. The minimum absolute atomic E-state index is 0.103. The highest BCUT2D eigenvalue weighted by Gasteiger charge is 2.34. The van der Waals surface area contributed by atoms with E-state index in [1.54, 1.807) is 36.5 Å². The first-order valence-corrected chi connectivity index (χ1v) is 8.96. The fourth-order valence-electron chi connectivity index (χ4n) is 3.01. The van der Waals surface area contributed by atoms with Crippen LogP contribution in [-0.2, 0) is 9.59 Å². The zero-order valence-corrected chi connectivity index (χ0v) is 15.6. The van der Waals surface area contributed by atoms with Crippen LogP contribution in [0.2, 0.25) is 0 Å². The number of rotatable bonds is 3. The van der Waals surface area contributed by atoms with Gasteiger partial charge in [-0.2, -0.15) is 0 Å². The van der Waals surface area contributed by atoms with Crippen LogP contribution in [0.25, 0.3) is 11.8 Å². The van der Waals surface area contributed by atoms with Gasteiger partial charge in [0.1, 0.15) is 17.2 Å². The molecule has 2 amide bonds. The summed E-state index contributed by atoms with van der Waals surface area (Å²) in [7, 11) is 0. The predicted molar refractivity (Wildman–Crippen MR) is 108 cm³/mol. The lowest BCUT2D eigenvalue weighted by atomic mass is 10.1. The predicted octanol–water partition coefficient (Wildman–Crippen LogP) is 3.59. The Morgan fingerprint density at radius 3 is 2.38 bits per heavy atom. The van der Waals surface area contributed by atoms with Crippen molar-refractivity contribution in [2.24, 2.45) is 0 Å². The highest BCUT2D eigenvalue weighted by molar-refractivity contribution is 7.80. The molecule has 4 rings (SSSR count). The summed E-state index contributed by atoms with van der Waals surface area (Å²) in [5, 5.41) is 2.35. The molecule has 5 nitrogen and oxygen atoms in total. The molecule has 2 heterocycles. The number of benzene rings is 2. The number of hydrogen-bond acceptors (Lipinski definition) is 3. The number of aromatic nitrogens is 1. The molecule has 8 heteroatoms. The number of nitrogens with one attached hydrogen (secondary N) is 1. The number of amides is 2. The van der Waals surface area contributed by atoms with Crippen LogP contribution < -0.4 is 10.2 Å². The third-order valence-electron chi connectivity index (χ3n) is 4.37. The number of nitrogens with zero attached hydrogens (tertiary/aromatic N) is 2. The number of thiocarbonyl (C=S) groups is 1. The molecule has 3 aromatic rings. The van der Waals surface area contributed by atoms with Crippen molar-refractivity contribution in [3.05, 3.63) is 89.8 Å². The summed E-state index contributed by atoms with van der Waals surface area (Å²) >= 11 is 5.11. The average Bonchev–Trinajstić information content (AvgIpc) is 3.15. The molecule has 0 bridgehead atoms. The molecule has 1 aromatic heterocycles. The molecule has 1 saturated heterocycles. The first kappa shape index (κ1) is 18.7. The van der Waals surface area contributed by atoms with Crippen molar-refractivity contribution < 1.29 is 18.4 Å². The van der Waals surface area contributed by atoms with Crippen molar-refractivity contribution in [1.29, 1.82) is 0 Å². The average molecular weight is 409 g/mol. The van der Waals surface area contributed by atoms with Gasteiger partial charge in [-0.15, -0.1) is 0 Å². The van der Waals surface area contributed by atoms with Crippen molar-refractivity contribution in [3.8, 4) is 5.69 Å². The van der Waals surface area contributed by atoms with Gasteiger partial charge in [0.15, 0.2) is 5.11 Å². The molecule has 1 aliphatic heterocycles. The number of carbonyl (C=O) groups excluding carboxylic acids is 2. The molecule has 29 heavy (non-hydrogen) atoms. The van der Waals surface area contributed by atoms with Gasteiger partial charge in [0.2, 0.25) is 0 Å². The second kappa shape index (κ2) is 7.40. The lowest BCUT2D eigenvalue weighted by molar-refractivity contribution is -0.122. The Hall–Kier alpha value is -3.65. The molecule has 0 atom stereocenters. The van der Waals surface area contributed by atoms with Crippen LogP contribution in [0.5, 0.6) is 0 Å². The van der Waals surface area contributed by atoms with Gasteiger partial charge in [-0.05, 0) is 66.8 Å². The number of para-hydroxylation sites is 1. The van der Waals surface area contributed by atoms with Crippen molar-refractivity contribution in [2.75, 3.05) is 4.90 Å². The van der Waals surface area contributed by atoms with E-state index in [9.17, 15) is 18.4 Å². The summed E-state index contributed by atoms with van der Waals surface area (Å²) < 4.78 is 28.9. The second-order valence-corrected chi connectivity index (χ2v) is 6.58. The highest BCUT2D eigenvalue weighted by Crippen LogP contribution is 2.24. The molecule has 1 aliphatic rings. The molecule has 0 radical (unpaired) electrons. The van der Waals surface area contributed by atoms with Crippen LogP contribution in [0.1, 0.15) is 5.69 Å². The summed E-state index contributed by atoms with van der Waals surface area (Å²) in [6.45, 7) is 0. The minimum atomic E-state index is -0.667. The molecule has 144 valence electrons. The van der Waals surface area contributed by atoms with Crippen LogP contribution in [0.4, 0.5) is 14.5 Å². The van der Waals surface area contributed by atoms with E-state index in [2.05, 4.69) is 5.32 Å². The largest absolute Gasteiger partial charge is 0.314 e. The lowest BCUT2D eigenvalue weighted by Gasteiger charge is -2.28. The first-order chi connectivity index (χ1) is 14.0. The first-order valence-electron chi connectivity index (χ1n) is 8.55. The molecule has 0 spiro atoms. The second-order valence-electron chi connectivity index (χ2n) is 6.19. The summed E-state index contributed by atoms with van der Waals surface area (Å²) in [6.07, 6.45) is 2.99. The van der Waals surface area contributed by atoms with Gasteiger partial charge in [0.05, 0.1) is 11.4 Å². The van der Waals surface area contributed by atoms with E-state index in [4.69, 9.17) is 12.2 Å². The molecule has 0 unspecified atom stereocenters.